The van der Waals surface area contributed by atoms with E-state index >= 15 is 0 Å². The van der Waals surface area contributed by atoms with Crippen LogP contribution >= 0.6 is 0 Å². The number of hydrogen-bond donors (Lipinski definition) is 1. The van der Waals surface area contributed by atoms with Gasteiger partial charge in [0.05, 0.1) is 0 Å². The van der Waals surface area contributed by atoms with Crippen molar-refractivity contribution in [1.29, 1.82) is 0 Å². The Balaban J connectivity index is 2.34. The van der Waals surface area contributed by atoms with Crippen molar-refractivity contribution in [2.24, 2.45) is 0 Å². The largest absolute Gasteiger partial charge is 0.481 e. The predicted molar refractivity (Wildman–Crippen MR) is 42.7 cm³/mol. The van der Waals surface area contributed by atoms with Crippen molar-refractivity contribution in [3.05, 3.63) is 0 Å². The van der Waals surface area contributed by atoms with Crippen LogP contribution in [0.15, 0.2) is 0 Å². The van der Waals surface area contributed by atoms with E-state index in [1.807, 2.05) is 0 Å². The molecule has 0 aromatic carbocycles. The van der Waals surface area contributed by atoms with Gasteiger partial charge in [0.2, 0.25) is 5.91 Å². The maximum Gasteiger partial charge on any atom is 0.303 e. The number of likely N-dealkylation sites (tertiary alicyclic amines) is 1. The fourth-order valence-corrected chi connectivity index (χ4v) is 1.49. The van der Waals surface area contributed by atoms with Gasteiger partial charge in [-0.1, -0.05) is 0 Å². The predicted octanol–water partition coefficient (Wildman–Crippen LogP) is 0.472. The first-order valence-corrected chi connectivity index (χ1v) is 4.08. The first-order chi connectivity index (χ1) is 5.61. The Morgan fingerprint density at radius 3 is 2.83 bits per heavy atom. The highest BCUT2D eigenvalue weighted by Gasteiger charge is 2.27. The topological polar surface area (TPSA) is 57.6 Å². The first-order valence-electron chi connectivity index (χ1n) is 4.08. The summed E-state index contributed by atoms with van der Waals surface area (Å²) < 4.78 is 0. The molecule has 0 saturated carbocycles. The lowest BCUT2D eigenvalue weighted by molar-refractivity contribution is -0.138. The molecular weight excluding hydrogens is 158 g/mol. The third-order valence-electron chi connectivity index (χ3n) is 2.32. The van der Waals surface area contributed by atoms with Gasteiger partial charge in [-0.25, -0.2) is 0 Å². The fourth-order valence-electron chi connectivity index (χ4n) is 1.49. The Morgan fingerprint density at radius 1 is 1.75 bits per heavy atom. The fraction of sp³-hybridized carbons (Fsp3) is 0.750. The molecule has 68 valence electrons. The standard InChI is InChI=1S/C8H13NO3/c1-9-6(2-4-7(9)10)3-5-8(11)12/h6H,2-5H2,1H3,(H,11,12). The lowest BCUT2D eigenvalue weighted by atomic mass is 10.1. The van der Waals surface area contributed by atoms with Crippen LogP contribution in [-0.2, 0) is 9.59 Å². The van der Waals surface area contributed by atoms with Gasteiger partial charge in [0.15, 0.2) is 0 Å². The van der Waals surface area contributed by atoms with Gasteiger partial charge in [0.1, 0.15) is 0 Å². The van der Waals surface area contributed by atoms with E-state index in [9.17, 15) is 9.59 Å². The second-order valence-electron chi connectivity index (χ2n) is 3.13. The molecule has 0 aromatic rings. The van der Waals surface area contributed by atoms with Crippen molar-refractivity contribution >= 4 is 11.9 Å². The minimum atomic E-state index is -0.789. The van der Waals surface area contributed by atoms with Crippen LogP contribution in [-0.4, -0.2) is 35.0 Å². The Morgan fingerprint density at radius 2 is 2.42 bits per heavy atom. The van der Waals surface area contributed by atoms with Crippen molar-refractivity contribution in [3.8, 4) is 0 Å². The van der Waals surface area contributed by atoms with E-state index in [-0.39, 0.29) is 18.4 Å². The van der Waals surface area contributed by atoms with Crippen LogP contribution in [0.4, 0.5) is 0 Å². The zero-order valence-corrected chi connectivity index (χ0v) is 7.12. The number of carboxylic acids is 1. The quantitative estimate of drug-likeness (QED) is 0.671. The smallest absolute Gasteiger partial charge is 0.303 e. The van der Waals surface area contributed by atoms with Gasteiger partial charge in [0, 0.05) is 25.9 Å². The Bertz CT molecular complexity index is 202. The molecule has 0 spiro atoms. The van der Waals surface area contributed by atoms with Crippen molar-refractivity contribution in [1.82, 2.24) is 4.90 Å². The van der Waals surface area contributed by atoms with Crippen LogP contribution < -0.4 is 0 Å². The summed E-state index contributed by atoms with van der Waals surface area (Å²) in [7, 11) is 1.74. The zero-order valence-electron chi connectivity index (χ0n) is 7.12. The van der Waals surface area contributed by atoms with E-state index in [2.05, 4.69) is 0 Å². The second kappa shape index (κ2) is 3.56. The zero-order chi connectivity index (χ0) is 9.14. The molecule has 1 aliphatic heterocycles. The van der Waals surface area contributed by atoms with Gasteiger partial charge >= 0.3 is 5.97 Å². The van der Waals surface area contributed by atoms with Gasteiger partial charge in [-0.15, -0.1) is 0 Å². The average Bonchev–Trinajstić information content (AvgIpc) is 2.30. The minimum Gasteiger partial charge on any atom is -0.481 e. The van der Waals surface area contributed by atoms with Crippen LogP contribution in [0.3, 0.4) is 0 Å². The summed E-state index contributed by atoms with van der Waals surface area (Å²) in [6.07, 6.45) is 2.11. The maximum atomic E-state index is 11.0. The molecule has 4 heteroatoms. The van der Waals surface area contributed by atoms with Gasteiger partial charge < -0.3 is 10.0 Å². The molecule has 1 saturated heterocycles. The molecule has 1 rings (SSSR count). The van der Waals surface area contributed by atoms with Crippen LogP contribution in [0.25, 0.3) is 0 Å². The minimum absolute atomic E-state index is 0.130. The van der Waals surface area contributed by atoms with E-state index in [1.54, 1.807) is 11.9 Å². The summed E-state index contributed by atoms with van der Waals surface area (Å²) in [5, 5.41) is 8.42. The summed E-state index contributed by atoms with van der Waals surface area (Å²) in [6, 6.07) is 0.147. The number of nitrogens with zero attached hydrogens (tertiary/aromatic N) is 1. The molecule has 1 N–H and O–H groups in total. The van der Waals surface area contributed by atoms with Gasteiger partial charge in [-0.3, -0.25) is 9.59 Å². The SMILES string of the molecule is CN1C(=O)CCC1CCC(=O)O. The van der Waals surface area contributed by atoms with Crippen LogP contribution in [0.1, 0.15) is 25.7 Å². The normalized spacial score (nSPS) is 23.2. The molecule has 4 nitrogen and oxygen atoms in total. The third kappa shape index (κ3) is 1.96. The van der Waals surface area contributed by atoms with Crippen molar-refractivity contribution in [2.75, 3.05) is 7.05 Å². The molecule has 1 unspecified atom stereocenters. The number of hydrogen-bond acceptors (Lipinski definition) is 2. The number of carbonyl (C=O) groups is 2. The highest BCUT2D eigenvalue weighted by atomic mass is 16.4. The molecule has 1 atom stereocenters. The third-order valence-corrected chi connectivity index (χ3v) is 2.32. The summed E-state index contributed by atoms with van der Waals surface area (Å²) in [5.74, 6) is -0.659. The van der Waals surface area contributed by atoms with Crippen molar-refractivity contribution in [2.45, 2.75) is 31.7 Å². The molecule has 0 bridgehead atoms. The molecule has 1 heterocycles. The van der Waals surface area contributed by atoms with Crippen LogP contribution in [0, 0.1) is 0 Å². The Labute approximate surface area is 71.2 Å². The lowest BCUT2D eigenvalue weighted by Crippen LogP contribution is -2.28. The maximum absolute atomic E-state index is 11.0. The number of rotatable bonds is 3. The monoisotopic (exact) mass is 171 g/mol. The highest BCUT2D eigenvalue weighted by Crippen LogP contribution is 2.20. The summed E-state index contributed by atoms with van der Waals surface area (Å²) >= 11 is 0. The Kier molecular flexibility index (Phi) is 2.68. The number of carbonyl (C=O) groups excluding carboxylic acids is 1. The van der Waals surface area contributed by atoms with Crippen molar-refractivity contribution in [3.63, 3.8) is 0 Å². The second-order valence-corrected chi connectivity index (χ2v) is 3.13. The van der Waals surface area contributed by atoms with Crippen LogP contribution in [0.2, 0.25) is 0 Å². The molecular formula is C8H13NO3. The van der Waals surface area contributed by atoms with E-state index in [0.29, 0.717) is 12.8 Å². The highest BCUT2D eigenvalue weighted by molar-refractivity contribution is 5.78. The number of amides is 1. The molecule has 0 radical (unpaired) electrons. The first kappa shape index (κ1) is 9.03. The van der Waals surface area contributed by atoms with Gasteiger partial charge in [-0.05, 0) is 12.8 Å². The molecule has 12 heavy (non-hydrogen) atoms. The van der Waals surface area contributed by atoms with Gasteiger partial charge in [0.25, 0.3) is 0 Å². The number of aliphatic carboxylic acids is 1. The number of carboxylic acid groups (broad SMARTS) is 1. The molecule has 1 aliphatic rings. The van der Waals surface area contributed by atoms with Gasteiger partial charge in [-0.2, -0.15) is 0 Å². The molecule has 1 amide bonds. The lowest BCUT2D eigenvalue weighted by Gasteiger charge is -2.18. The average molecular weight is 171 g/mol. The van der Waals surface area contributed by atoms with E-state index < -0.39 is 5.97 Å². The van der Waals surface area contributed by atoms with E-state index in [4.69, 9.17) is 5.11 Å². The summed E-state index contributed by atoms with van der Waals surface area (Å²) in [5.41, 5.74) is 0. The molecule has 0 aliphatic carbocycles. The van der Waals surface area contributed by atoms with E-state index in [1.165, 1.54) is 0 Å². The molecule has 1 fully saturated rings. The van der Waals surface area contributed by atoms with Crippen molar-refractivity contribution < 1.29 is 14.7 Å². The molecule has 0 aromatic heterocycles. The van der Waals surface area contributed by atoms with Crippen LogP contribution in [0.5, 0.6) is 0 Å². The van der Waals surface area contributed by atoms with E-state index in [0.717, 1.165) is 6.42 Å². The summed E-state index contributed by atoms with van der Waals surface area (Å²) in [6.45, 7) is 0. The Hall–Kier alpha value is -1.06. The summed E-state index contributed by atoms with van der Waals surface area (Å²) in [4.78, 5) is 22.9.